The van der Waals surface area contributed by atoms with Crippen molar-refractivity contribution in [1.29, 1.82) is 0 Å². The largest absolute Gasteiger partial charge is 0.399 e. The third kappa shape index (κ3) is 5.79. The van der Waals surface area contributed by atoms with Gasteiger partial charge in [-0.05, 0) is 43.5 Å². The summed E-state index contributed by atoms with van der Waals surface area (Å²) in [5, 5.41) is 0. The minimum atomic E-state index is -3.88. The first-order valence-corrected chi connectivity index (χ1v) is 8.50. The standard InChI is InChI=1S/C14H24N2O3S/c1-3-4-8-16(9-5-10-20(17,18)19)13-6-7-14(15)12(2)11-13/h6-7,11H,3-5,8-10,15H2,1-2H3,(H,17,18,19). The van der Waals surface area contributed by atoms with Crippen LogP contribution in [0.2, 0.25) is 0 Å². The Morgan fingerprint density at radius 3 is 2.45 bits per heavy atom. The molecule has 0 aromatic heterocycles. The SMILES string of the molecule is CCCCN(CCCS(=O)(=O)O)c1ccc(N)c(C)c1. The Morgan fingerprint density at radius 1 is 1.25 bits per heavy atom. The van der Waals surface area contributed by atoms with E-state index in [0.717, 1.165) is 36.3 Å². The molecular weight excluding hydrogens is 276 g/mol. The highest BCUT2D eigenvalue weighted by molar-refractivity contribution is 7.85. The molecule has 0 fully saturated rings. The van der Waals surface area contributed by atoms with Gasteiger partial charge in [-0.25, -0.2) is 0 Å². The van der Waals surface area contributed by atoms with E-state index in [1.807, 2.05) is 25.1 Å². The molecule has 5 nitrogen and oxygen atoms in total. The molecule has 0 amide bonds. The fourth-order valence-corrected chi connectivity index (χ4v) is 2.51. The number of nitrogen functional groups attached to an aromatic ring is 1. The van der Waals surface area contributed by atoms with Crippen LogP contribution in [0.3, 0.4) is 0 Å². The predicted molar refractivity (Wildman–Crippen MR) is 83.7 cm³/mol. The molecule has 0 aliphatic carbocycles. The van der Waals surface area contributed by atoms with Gasteiger partial charge in [-0.2, -0.15) is 8.42 Å². The molecule has 0 bridgehead atoms. The van der Waals surface area contributed by atoms with Gasteiger partial charge < -0.3 is 10.6 Å². The van der Waals surface area contributed by atoms with Crippen LogP contribution in [0.25, 0.3) is 0 Å². The van der Waals surface area contributed by atoms with Gasteiger partial charge in [-0.15, -0.1) is 0 Å². The zero-order valence-electron chi connectivity index (χ0n) is 12.2. The molecule has 1 aromatic carbocycles. The summed E-state index contributed by atoms with van der Waals surface area (Å²) in [6, 6.07) is 5.83. The lowest BCUT2D eigenvalue weighted by Crippen LogP contribution is -2.27. The van der Waals surface area contributed by atoms with Crippen molar-refractivity contribution in [2.75, 3.05) is 29.5 Å². The highest BCUT2D eigenvalue weighted by atomic mass is 32.2. The number of hydrogen-bond donors (Lipinski definition) is 2. The van der Waals surface area contributed by atoms with Crippen LogP contribution >= 0.6 is 0 Å². The van der Waals surface area contributed by atoms with E-state index in [1.165, 1.54) is 0 Å². The highest BCUT2D eigenvalue weighted by Gasteiger charge is 2.10. The first-order chi connectivity index (χ1) is 9.33. The van der Waals surface area contributed by atoms with Crippen molar-refractivity contribution in [2.24, 2.45) is 0 Å². The number of nitrogens with zero attached hydrogens (tertiary/aromatic N) is 1. The number of nitrogens with two attached hydrogens (primary N) is 1. The molecule has 0 radical (unpaired) electrons. The normalized spacial score (nSPS) is 11.6. The van der Waals surface area contributed by atoms with Gasteiger partial charge in [0.1, 0.15) is 0 Å². The smallest absolute Gasteiger partial charge is 0.264 e. The van der Waals surface area contributed by atoms with Crippen LogP contribution < -0.4 is 10.6 Å². The molecule has 6 heteroatoms. The minimum Gasteiger partial charge on any atom is -0.399 e. The number of aryl methyl sites for hydroxylation is 1. The lowest BCUT2D eigenvalue weighted by molar-refractivity contribution is 0.481. The second-order valence-electron chi connectivity index (χ2n) is 5.02. The molecule has 0 unspecified atom stereocenters. The number of hydrogen-bond acceptors (Lipinski definition) is 4. The van der Waals surface area contributed by atoms with Gasteiger partial charge in [0.05, 0.1) is 5.75 Å². The quantitative estimate of drug-likeness (QED) is 0.569. The van der Waals surface area contributed by atoms with Crippen molar-refractivity contribution in [3.05, 3.63) is 23.8 Å². The van der Waals surface area contributed by atoms with E-state index in [-0.39, 0.29) is 5.75 Å². The van der Waals surface area contributed by atoms with E-state index < -0.39 is 10.1 Å². The maximum Gasteiger partial charge on any atom is 0.264 e. The Bertz CT molecular complexity index is 529. The van der Waals surface area contributed by atoms with Crippen LogP contribution in [-0.2, 0) is 10.1 Å². The lowest BCUT2D eigenvalue weighted by Gasteiger charge is -2.25. The maximum absolute atomic E-state index is 10.8. The van der Waals surface area contributed by atoms with Gasteiger partial charge in [0.25, 0.3) is 10.1 Å². The molecule has 3 N–H and O–H groups in total. The molecule has 0 atom stereocenters. The summed E-state index contributed by atoms with van der Waals surface area (Å²) in [5.74, 6) is -0.205. The molecule has 1 aromatic rings. The van der Waals surface area contributed by atoms with Crippen molar-refractivity contribution in [1.82, 2.24) is 0 Å². The Balaban J connectivity index is 2.74. The Morgan fingerprint density at radius 2 is 1.90 bits per heavy atom. The molecular formula is C14H24N2O3S. The number of rotatable bonds is 8. The summed E-state index contributed by atoms with van der Waals surface area (Å²) < 4.78 is 30.4. The Hall–Kier alpha value is -1.27. The molecule has 0 heterocycles. The van der Waals surface area contributed by atoms with Crippen LogP contribution in [0.4, 0.5) is 11.4 Å². The van der Waals surface area contributed by atoms with Crippen molar-refractivity contribution < 1.29 is 13.0 Å². The second-order valence-corrected chi connectivity index (χ2v) is 6.59. The molecule has 1 rings (SSSR count). The summed E-state index contributed by atoms with van der Waals surface area (Å²) in [4.78, 5) is 2.14. The molecule has 0 aliphatic heterocycles. The van der Waals surface area contributed by atoms with Crippen molar-refractivity contribution in [3.8, 4) is 0 Å². The van der Waals surface area contributed by atoms with E-state index in [9.17, 15) is 8.42 Å². The number of unbranched alkanes of at least 4 members (excludes halogenated alkanes) is 1. The zero-order chi connectivity index (χ0) is 15.2. The maximum atomic E-state index is 10.8. The minimum absolute atomic E-state index is 0.205. The fourth-order valence-electron chi connectivity index (χ4n) is 2.01. The van der Waals surface area contributed by atoms with Crippen LogP contribution in [0, 0.1) is 6.92 Å². The van der Waals surface area contributed by atoms with Gasteiger partial charge in [-0.1, -0.05) is 13.3 Å². The molecule has 0 saturated heterocycles. The molecule has 114 valence electrons. The first-order valence-electron chi connectivity index (χ1n) is 6.89. The molecule has 20 heavy (non-hydrogen) atoms. The average Bonchev–Trinajstić information content (AvgIpc) is 2.35. The van der Waals surface area contributed by atoms with Gasteiger partial charge in [0.15, 0.2) is 0 Å². The van der Waals surface area contributed by atoms with Crippen LogP contribution in [0.15, 0.2) is 18.2 Å². The summed E-state index contributed by atoms with van der Waals surface area (Å²) in [5.41, 5.74) is 8.62. The third-order valence-corrected chi connectivity index (χ3v) is 4.04. The Kier molecular flexibility index (Phi) is 6.29. The third-order valence-electron chi connectivity index (χ3n) is 3.23. The molecule has 0 aliphatic rings. The first kappa shape index (κ1) is 16.8. The number of anilines is 2. The summed E-state index contributed by atoms with van der Waals surface area (Å²) in [7, 11) is -3.88. The van der Waals surface area contributed by atoms with E-state index in [2.05, 4.69) is 11.8 Å². The van der Waals surface area contributed by atoms with E-state index in [4.69, 9.17) is 10.3 Å². The van der Waals surface area contributed by atoms with Gasteiger partial charge in [0, 0.05) is 24.5 Å². The van der Waals surface area contributed by atoms with Crippen LogP contribution in [-0.4, -0.2) is 31.8 Å². The van der Waals surface area contributed by atoms with Crippen LogP contribution in [0.1, 0.15) is 31.7 Å². The van der Waals surface area contributed by atoms with Crippen LogP contribution in [0.5, 0.6) is 0 Å². The van der Waals surface area contributed by atoms with Crippen molar-refractivity contribution >= 4 is 21.5 Å². The topological polar surface area (TPSA) is 83.6 Å². The van der Waals surface area contributed by atoms with E-state index in [0.29, 0.717) is 13.0 Å². The van der Waals surface area contributed by atoms with Gasteiger partial charge in [-0.3, -0.25) is 4.55 Å². The van der Waals surface area contributed by atoms with Crippen molar-refractivity contribution in [3.63, 3.8) is 0 Å². The Labute approximate surface area is 121 Å². The predicted octanol–water partition coefficient (Wildman–Crippen LogP) is 2.46. The highest BCUT2D eigenvalue weighted by Crippen LogP contribution is 2.21. The monoisotopic (exact) mass is 300 g/mol. The second kappa shape index (κ2) is 7.50. The zero-order valence-corrected chi connectivity index (χ0v) is 13.0. The van der Waals surface area contributed by atoms with Gasteiger partial charge >= 0.3 is 0 Å². The van der Waals surface area contributed by atoms with E-state index >= 15 is 0 Å². The molecule has 0 spiro atoms. The summed E-state index contributed by atoms with van der Waals surface area (Å²) >= 11 is 0. The number of benzene rings is 1. The van der Waals surface area contributed by atoms with E-state index in [1.54, 1.807) is 0 Å². The van der Waals surface area contributed by atoms with Crippen molar-refractivity contribution in [2.45, 2.75) is 33.1 Å². The molecule has 0 saturated carbocycles. The summed E-state index contributed by atoms with van der Waals surface area (Å²) in [6.45, 7) is 5.54. The van der Waals surface area contributed by atoms with Gasteiger partial charge in [0.2, 0.25) is 0 Å². The summed E-state index contributed by atoms with van der Waals surface area (Å²) in [6.07, 6.45) is 2.52. The average molecular weight is 300 g/mol. The fraction of sp³-hybridized carbons (Fsp3) is 0.571. The lowest BCUT2D eigenvalue weighted by atomic mass is 10.1.